The SMILES string of the molecule is C/C(=C\C=C(/C)CNC(=O)[C@H](CO)NC=O)CO. The van der Waals surface area contributed by atoms with Crippen molar-refractivity contribution in [3.63, 3.8) is 0 Å². The van der Waals surface area contributed by atoms with Crippen molar-refractivity contribution in [2.45, 2.75) is 19.9 Å². The predicted octanol–water partition coefficient (Wildman–Crippen LogP) is -0.906. The Balaban J connectivity index is 4.23. The fourth-order valence-corrected chi connectivity index (χ4v) is 1.04. The van der Waals surface area contributed by atoms with Crippen molar-refractivity contribution in [3.05, 3.63) is 23.3 Å². The molecule has 0 rings (SSSR count). The van der Waals surface area contributed by atoms with Gasteiger partial charge in [-0.2, -0.15) is 0 Å². The molecule has 0 radical (unpaired) electrons. The van der Waals surface area contributed by atoms with Gasteiger partial charge in [0.1, 0.15) is 6.04 Å². The van der Waals surface area contributed by atoms with Gasteiger partial charge in [-0.25, -0.2) is 0 Å². The van der Waals surface area contributed by atoms with Crippen molar-refractivity contribution in [2.75, 3.05) is 19.8 Å². The van der Waals surface area contributed by atoms with Gasteiger partial charge < -0.3 is 20.8 Å². The van der Waals surface area contributed by atoms with Gasteiger partial charge in [-0.1, -0.05) is 17.7 Å². The number of hydrogen-bond acceptors (Lipinski definition) is 4. The van der Waals surface area contributed by atoms with Gasteiger partial charge in [0.2, 0.25) is 12.3 Å². The molecule has 0 fully saturated rings. The number of carbonyl (C=O) groups excluding carboxylic acids is 2. The molecule has 0 spiro atoms. The van der Waals surface area contributed by atoms with Crippen LogP contribution in [0.1, 0.15) is 13.8 Å². The summed E-state index contributed by atoms with van der Waals surface area (Å²) in [7, 11) is 0. The molecule has 18 heavy (non-hydrogen) atoms. The largest absolute Gasteiger partial charge is 0.394 e. The molecule has 6 heteroatoms. The molecule has 6 nitrogen and oxygen atoms in total. The Bertz CT molecular complexity index is 337. The minimum absolute atomic E-state index is 0.00796. The summed E-state index contributed by atoms with van der Waals surface area (Å²) >= 11 is 0. The van der Waals surface area contributed by atoms with E-state index in [4.69, 9.17) is 10.2 Å². The van der Waals surface area contributed by atoms with Gasteiger partial charge in [-0.15, -0.1) is 0 Å². The van der Waals surface area contributed by atoms with Crippen molar-refractivity contribution >= 4 is 12.3 Å². The highest BCUT2D eigenvalue weighted by atomic mass is 16.3. The van der Waals surface area contributed by atoms with Crippen LogP contribution in [0.4, 0.5) is 0 Å². The summed E-state index contributed by atoms with van der Waals surface area (Å²) < 4.78 is 0. The molecule has 0 saturated carbocycles. The predicted molar refractivity (Wildman–Crippen MR) is 67.7 cm³/mol. The van der Waals surface area contributed by atoms with E-state index in [0.29, 0.717) is 13.0 Å². The van der Waals surface area contributed by atoms with Crippen LogP contribution in [-0.4, -0.2) is 48.3 Å². The van der Waals surface area contributed by atoms with Crippen LogP contribution in [0.3, 0.4) is 0 Å². The molecule has 0 aromatic heterocycles. The first kappa shape index (κ1) is 16.3. The maximum Gasteiger partial charge on any atom is 0.245 e. The lowest BCUT2D eigenvalue weighted by Crippen LogP contribution is -2.46. The Morgan fingerprint density at radius 1 is 1.22 bits per heavy atom. The summed E-state index contributed by atoms with van der Waals surface area (Å²) in [6, 6.07) is -0.926. The molecule has 4 N–H and O–H groups in total. The number of hydrogen-bond donors (Lipinski definition) is 4. The molecule has 0 heterocycles. The van der Waals surface area contributed by atoms with E-state index in [2.05, 4.69) is 10.6 Å². The van der Waals surface area contributed by atoms with Crippen LogP contribution >= 0.6 is 0 Å². The number of aliphatic hydroxyl groups is 2. The van der Waals surface area contributed by atoms with E-state index in [0.717, 1.165) is 11.1 Å². The molecular weight excluding hydrogens is 236 g/mol. The van der Waals surface area contributed by atoms with E-state index in [1.165, 1.54) is 0 Å². The molecule has 0 aromatic rings. The van der Waals surface area contributed by atoms with Crippen molar-refractivity contribution in [1.29, 1.82) is 0 Å². The summed E-state index contributed by atoms with van der Waals surface area (Å²) in [5.41, 5.74) is 1.70. The number of aliphatic hydroxyl groups excluding tert-OH is 2. The van der Waals surface area contributed by atoms with E-state index in [9.17, 15) is 9.59 Å². The second-order valence-corrected chi connectivity index (χ2v) is 3.92. The van der Waals surface area contributed by atoms with Crippen LogP contribution in [0.25, 0.3) is 0 Å². The molecule has 0 unspecified atom stereocenters. The molecule has 0 aliphatic heterocycles. The van der Waals surface area contributed by atoms with Gasteiger partial charge in [-0.05, 0) is 19.4 Å². The van der Waals surface area contributed by atoms with E-state index in [-0.39, 0.29) is 6.61 Å². The van der Waals surface area contributed by atoms with Gasteiger partial charge in [0.05, 0.1) is 13.2 Å². The first-order valence-electron chi connectivity index (χ1n) is 5.57. The highest BCUT2D eigenvalue weighted by molar-refractivity contribution is 5.83. The van der Waals surface area contributed by atoms with Gasteiger partial charge in [-0.3, -0.25) is 9.59 Å². The Hall–Kier alpha value is -1.66. The average Bonchev–Trinajstić information content (AvgIpc) is 2.39. The molecule has 0 aliphatic carbocycles. The Kier molecular flexibility index (Phi) is 8.51. The summed E-state index contributed by atoms with van der Waals surface area (Å²) in [6.45, 7) is 3.47. The fraction of sp³-hybridized carbons (Fsp3) is 0.500. The van der Waals surface area contributed by atoms with Gasteiger partial charge >= 0.3 is 0 Å². The topological polar surface area (TPSA) is 98.7 Å². The first-order chi connectivity index (χ1) is 8.54. The minimum Gasteiger partial charge on any atom is -0.394 e. The lowest BCUT2D eigenvalue weighted by Gasteiger charge is -2.13. The highest BCUT2D eigenvalue weighted by Gasteiger charge is 2.15. The van der Waals surface area contributed by atoms with E-state index in [1.807, 2.05) is 6.92 Å². The summed E-state index contributed by atoms with van der Waals surface area (Å²) in [5, 5.41) is 22.4. The molecule has 1 atom stereocenters. The molecule has 2 amide bonds. The molecule has 0 aromatic carbocycles. The zero-order valence-corrected chi connectivity index (χ0v) is 10.6. The van der Waals surface area contributed by atoms with Crippen molar-refractivity contribution in [1.82, 2.24) is 10.6 Å². The minimum atomic E-state index is -0.926. The van der Waals surface area contributed by atoms with Crippen molar-refractivity contribution in [3.8, 4) is 0 Å². The number of carbonyl (C=O) groups is 2. The Morgan fingerprint density at radius 3 is 2.33 bits per heavy atom. The van der Waals surface area contributed by atoms with Gasteiger partial charge in [0.15, 0.2) is 0 Å². The standard InChI is InChI=1S/C12H20N2O4/c1-9(3-4-10(2)6-15)5-13-12(18)11(7-16)14-8-17/h3-4,8,11,15-16H,5-7H2,1-2H3,(H,13,18)(H,14,17)/b9-3+,10-4+/t11-/m0/s1. The second kappa shape index (κ2) is 9.38. The molecule has 0 aliphatic rings. The number of allylic oxidation sites excluding steroid dienone is 2. The monoisotopic (exact) mass is 256 g/mol. The van der Waals surface area contributed by atoms with Crippen LogP contribution in [0.2, 0.25) is 0 Å². The molecule has 102 valence electrons. The third-order valence-corrected chi connectivity index (χ3v) is 2.21. The zero-order valence-electron chi connectivity index (χ0n) is 10.6. The van der Waals surface area contributed by atoms with Crippen molar-refractivity contribution < 1.29 is 19.8 Å². The smallest absolute Gasteiger partial charge is 0.245 e. The quantitative estimate of drug-likeness (QED) is 0.334. The van der Waals surface area contributed by atoms with Crippen LogP contribution < -0.4 is 10.6 Å². The van der Waals surface area contributed by atoms with E-state index in [1.54, 1.807) is 19.1 Å². The number of nitrogens with one attached hydrogen (secondary N) is 2. The molecule has 0 saturated heterocycles. The van der Waals surface area contributed by atoms with Gasteiger partial charge in [0, 0.05) is 6.54 Å². The summed E-state index contributed by atoms with van der Waals surface area (Å²) in [5.74, 6) is -0.444. The third-order valence-electron chi connectivity index (χ3n) is 2.21. The van der Waals surface area contributed by atoms with Gasteiger partial charge in [0.25, 0.3) is 0 Å². The second-order valence-electron chi connectivity index (χ2n) is 3.92. The lowest BCUT2D eigenvalue weighted by molar-refractivity contribution is -0.126. The highest BCUT2D eigenvalue weighted by Crippen LogP contribution is 1.96. The van der Waals surface area contributed by atoms with Crippen LogP contribution in [0.5, 0.6) is 0 Å². The van der Waals surface area contributed by atoms with Crippen LogP contribution in [0, 0.1) is 0 Å². The fourth-order valence-electron chi connectivity index (χ4n) is 1.04. The third kappa shape index (κ3) is 6.82. The normalized spacial score (nSPS) is 14.0. The maximum absolute atomic E-state index is 11.5. The Labute approximate surface area is 106 Å². The summed E-state index contributed by atoms with van der Waals surface area (Å²) in [4.78, 5) is 21.7. The first-order valence-corrected chi connectivity index (χ1v) is 5.57. The van der Waals surface area contributed by atoms with Crippen molar-refractivity contribution in [2.24, 2.45) is 0 Å². The van der Waals surface area contributed by atoms with E-state index >= 15 is 0 Å². The zero-order chi connectivity index (χ0) is 14.0. The maximum atomic E-state index is 11.5. The number of rotatable bonds is 8. The average molecular weight is 256 g/mol. The lowest BCUT2D eigenvalue weighted by atomic mass is 10.2. The molecular formula is C12H20N2O4. The summed E-state index contributed by atoms with van der Waals surface area (Å²) in [6.07, 6.45) is 3.91. The Morgan fingerprint density at radius 2 is 1.83 bits per heavy atom. The van der Waals surface area contributed by atoms with E-state index < -0.39 is 18.6 Å². The molecule has 0 bridgehead atoms. The van der Waals surface area contributed by atoms with Crippen LogP contribution in [-0.2, 0) is 9.59 Å². The van der Waals surface area contributed by atoms with Crippen LogP contribution in [0.15, 0.2) is 23.3 Å². The number of amides is 2.